The number of nitrogens with zero attached hydrogens (tertiary/aromatic N) is 3. The topological polar surface area (TPSA) is 42.7 Å². The molecule has 1 atom stereocenters. The van der Waals surface area contributed by atoms with E-state index >= 15 is 0 Å². The molecule has 0 saturated carbocycles. The van der Waals surface area contributed by atoms with Crippen LogP contribution in [-0.2, 0) is 12.7 Å². The number of hydrogen-bond acceptors (Lipinski definition) is 3. The Balaban J connectivity index is 2.14. The first-order chi connectivity index (χ1) is 9.89. The van der Waals surface area contributed by atoms with Gasteiger partial charge in [-0.15, -0.1) is 10.2 Å². The minimum atomic E-state index is -4.74. The number of aromatic nitrogens is 3. The van der Waals surface area contributed by atoms with Gasteiger partial charge in [-0.05, 0) is 19.1 Å². The molecule has 0 bridgehead atoms. The maximum absolute atomic E-state index is 14.2. The predicted octanol–water partition coefficient (Wildman–Crippen LogP) is 2.77. The van der Waals surface area contributed by atoms with Gasteiger partial charge < -0.3 is 9.88 Å². The Bertz CT molecular complexity index is 677. The van der Waals surface area contributed by atoms with E-state index < -0.39 is 17.6 Å². The summed E-state index contributed by atoms with van der Waals surface area (Å²) < 4.78 is 54.2. The number of rotatable bonds is 1. The minimum absolute atomic E-state index is 0.0751. The summed E-state index contributed by atoms with van der Waals surface area (Å²) in [4.78, 5) is 0. The Kier molecular flexibility index (Phi) is 3.20. The lowest BCUT2D eigenvalue weighted by molar-refractivity contribution is -0.139. The highest BCUT2D eigenvalue weighted by Crippen LogP contribution is 2.35. The third-order valence-corrected chi connectivity index (χ3v) is 3.50. The van der Waals surface area contributed by atoms with E-state index in [0.29, 0.717) is 18.9 Å². The molecule has 3 rings (SSSR count). The van der Waals surface area contributed by atoms with Gasteiger partial charge in [-0.2, -0.15) is 13.2 Å². The van der Waals surface area contributed by atoms with Gasteiger partial charge in [-0.1, -0.05) is 6.07 Å². The van der Waals surface area contributed by atoms with Crippen molar-refractivity contribution in [3.63, 3.8) is 0 Å². The summed E-state index contributed by atoms with van der Waals surface area (Å²) in [6.07, 6.45) is -4.74. The molecule has 0 fully saturated rings. The van der Waals surface area contributed by atoms with Crippen LogP contribution in [-0.4, -0.2) is 21.3 Å². The predicted molar refractivity (Wildman–Crippen MR) is 66.8 cm³/mol. The van der Waals surface area contributed by atoms with Crippen molar-refractivity contribution in [3.8, 4) is 11.4 Å². The van der Waals surface area contributed by atoms with Crippen LogP contribution in [0, 0.1) is 5.82 Å². The van der Waals surface area contributed by atoms with Crippen LogP contribution in [0.25, 0.3) is 11.4 Å². The van der Waals surface area contributed by atoms with Crippen molar-refractivity contribution in [1.29, 1.82) is 0 Å². The van der Waals surface area contributed by atoms with E-state index in [1.165, 1.54) is 12.1 Å². The molecule has 2 heterocycles. The van der Waals surface area contributed by atoms with Gasteiger partial charge >= 0.3 is 6.18 Å². The molecule has 1 aliphatic rings. The molecule has 0 saturated heterocycles. The molecule has 21 heavy (non-hydrogen) atoms. The summed E-state index contributed by atoms with van der Waals surface area (Å²) in [5.41, 5.74) is -1.47. The van der Waals surface area contributed by atoms with E-state index in [9.17, 15) is 17.6 Å². The molecule has 1 aliphatic heterocycles. The van der Waals surface area contributed by atoms with E-state index in [0.717, 1.165) is 6.07 Å². The van der Waals surface area contributed by atoms with Crippen LogP contribution in [0.1, 0.15) is 24.4 Å². The fourth-order valence-electron chi connectivity index (χ4n) is 2.46. The minimum Gasteiger partial charge on any atom is -0.308 e. The number of benzene rings is 1. The Hall–Kier alpha value is -1.96. The highest BCUT2D eigenvalue weighted by atomic mass is 19.4. The lowest BCUT2D eigenvalue weighted by Gasteiger charge is -2.22. The van der Waals surface area contributed by atoms with Crippen molar-refractivity contribution in [2.75, 3.05) is 6.54 Å². The molecule has 1 aromatic carbocycles. The fraction of sp³-hybridized carbons (Fsp3) is 0.385. The molecule has 1 aromatic heterocycles. The average molecular weight is 300 g/mol. The summed E-state index contributed by atoms with van der Waals surface area (Å²) in [6, 6.07) is 3.10. The quantitative estimate of drug-likeness (QED) is 0.824. The third-order valence-electron chi connectivity index (χ3n) is 3.50. The maximum Gasteiger partial charge on any atom is 0.419 e. The SMILES string of the molecule is CC1NCCn2c(-c3cccc(C(F)(F)F)c3F)nnc21. The zero-order valence-electron chi connectivity index (χ0n) is 11.1. The second kappa shape index (κ2) is 4.80. The van der Waals surface area contributed by atoms with Crippen molar-refractivity contribution in [2.45, 2.75) is 25.7 Å². The number of nitrogens with one attached hydrogen (secondary N) is 1. The van der Waals surface area contributed by atoms with E-state index in [4.69, 9.17) is 0 Å². The van der Waals surface area contributed by atoms with Crippen LogP contribution >= 0.6 is 0 Å². The fourth-order valence-corrected chi connectivity index (χ4v) is 2.46. The van der Waals surface area contributed by atoms with Crippen molar-refractivity contribution in [3.05, 3.63) is 35.4 Å². The second-order valence-corrected chi connectivity index (χ2v) is 4.87. The molecule has 1 unspecified atom stereocenters. The normalized spacial score (nSPS) is 18.6. The maximum atomic E-state index is 14.2. The Labute approximate surface area is 117 Å². The van der Waals surface area contributed by atoms with Gasteiger partial charge in [0.25, 0.3) is 0 Å². The summed E-state index contributed by atoms with van der Waals surface area (Å²) >= 11 is 0. The van der Waals surface area contributed by atoms with Crippen molar-refractivity contribution in [1.82, 2.24) is 20.1 Å². The van der Waals surface area contributed by atoms with Gasteiger partial charge in [-0.25, -0.2) is 4.39 Å². The smallest absolute Gasteiger partial charge is 0.308 e. The summed E-state index contributed by atoms with van der Waals surface area (Å²) in [5.74, 6) is -0.596. The first-order valence-electron chi connectivity index (χ1n) is 6.42. The first kappa shape index (κ1) is 14.0. The van der Waals surface area contributed by atoms with Crippen LogP contribution in [0.5, 0.6) is 0 Å². The summed E-state index contributed by atoms with van der Waals surface area (Å²) in [7, 11) is 0. The molecule has 1 N–H and O–H groups in total. The number of fused-ring (bicyclic) bond motifs is 1. The van der Waals surface area contributed by atoms with Crippen LogP contribution in [0.3, 0.4) is 0 Å². The Morgan fingerprint density at radius 2 is 2.05 bits per heavy atom. The molecular formula is C13H12F4N4. The van der Waals surface area contributed by atoms with Crippen LogP contribution in [0.2, 0.25) is 0 Å². The molecule has 0 spiro atoms. The van der Waals surface area contributed by atoms with Gasteiger partial charge in [0.05, 0.1) is 17.2 Å². The zero-order chi connectivity index (χ0) is 15.2. The van der Waals surface area contributed by atoms with Crippen LogP contribution < -0.4 is 5.32 Å². The first-order valence-corrected chi connectivity index (χ1v) is 6.42. The monoisotopic (exact) mass is 300 g/mol. The van der Waals surface area contributed by atoms with Gasteiger partial charge in [0, 0.05) is 13.1 Å². The van der Waals surface area contributed by atoms with Gasteiger partial charge in [0.1, 0.15) is 11.6 Å². The van der Waals surface area contributed by atoms with E-state index in [1.807, 2.05) is 6.92 Å². The molecule has 4 nitrogen and oxygen atoms in total. The van der Waals surface area contributed by atoms with E-state index in [-0.39, 0.29) is 17.4 Å². The Morgan fingerprint density at radius 1 is 1.29 bits per heavy atom. The van der Waals surface area contributed by atoms with Gasteiger partial charge in [0.2, 0.25) is 0 Å². The molecule has 0 radical (unpaired) electrons. The van der Waals surface area contributed by atoms with Crippen molar-refractivity contribution in [2.24, 2.45) is 0 Å². The van der Waals surface area contributed by atoms with Gasteiger partial charge in [0.15, 0.2) is 5.82 Å². The number of halogens is 4. The highest BCUT2D eigenvalue weighted by molar-refractivity contribution is 5.58. The Morgan fingerprint density at radius 3 is 2.76 bits per heavy atom. The van der Waals surface area contributed by atoms with Crippen molar-refractivity contribution < 1.29 is 17.6 Å². The van der Waals surface area contributed by atoms with Crippen molar-refractivity contribution >= 4 is 0 Å². The number of hydrogen-bond donors (Lipinski definition) is 1. The van der Waals surface area contributed by atoms with E-state index in [1.54, 1.807) is 4.57 Å². The highest BCUT2D eigenvalue weighted by Gasteiger charge is 2.36. The summed E-state index contributed by atoms with van der Waals surface area (Å²) in [6.45, 7) is 2.98. The van der Waals surface area contributed by atoms with Crippen LogP contribution in [0.4, 0.5) is 17.6 Å². The van der Waals surface area contributed by atoms with Crippen LogP contribution in [0.15, 0.2) is 18.2 Å². The molecular weight excluding hydrogens is 288 g/mol. The third kappa shape index (κ3) is 2.29. The second-order valence-electron chi connectivity index (χ2n) is 4.87. The lowest BCUT2D eigenvalue weighted by Crippen LogP contribution is -2.32. The number of alkyl halides is 3. The average Bonchev–Trinajstić information content (AvgIpc) is 2.83. The summed E-state index contributed by atoms with van der Waals surface area (Å²) in [5, 5.41) is 11.0. The molecule has 2 aromatic rings. The standard InChI is InChI=1S/C13H12F4N4/c1-7-11-19-20-12(21(11)6-5-18-7)8-3-2-4-9(10(8)14)13(15,16)17/h2-4,7,18H,5-6H2,1H3. The van der Waals surface area contributed by atoms with E-state index in [2.05, 4.69) is 15.5 Å². The van der Waals surface area contributed by atoms with Gasteiger partial charge in [-0.3, -0.25) is 0 Å². The molecule has 0 amide bonds. The molecule has 8 heteroatoms. The largest absolute Gasteiger partial charge is 0.419 e. The molecule has 0 aliphatic carbocycles. The zero-order valence-corrected chi connectivity index (χ0v) is 11.1. The molecule has 112 valence electrons. The lowest BCUT2D eigenvalue weighted by atomic mass is 10.1.